The first kappa shape index (κ1) is 17.1. The van der Waals surface area contributed by atoms with Crippen molar-refractivity contribution in [3.8, 4) is 17.1 Å². The Morgan fingerprint density at radius 1 is 1.22 bits per heavy atom. The fourth-order valence-corrected chi connectivity index (χ4v) is 3.02. The zero-order chi connectivity index (χ0) is 18.8. The van der Waals surface area contributed by atoms with E-state index in [0.717, 1.165) is 28.8 Å². The van der Waals surface area contributed by atoms with Gasteiger partial charge in [-0.3, -0.25) is 4.57 Å². The van der Waals surface area contributed by atoms with Crippen molar-refractivity contribution in [2.45, 2.75) is 32.9 Å². The fraction of sp³-hybridized carbons (Fsp3) is 0.250. The largest absolute Gasteiger partial charge is 0.481 e. The Hall–Kier alpha value is -3.35. The number of hydrogen-bond donors (Lipinski definition) is 1. The summed E-state index contributed by atoms with van der Waals surface area (Å²) in [6.07, 6.45) is 0.519. The molecule has 7 nitrogen and oxygen atoms in total. The number of nitrogens with one attached hydrogen (secondary N) is 1. The number of aryl methyl sites for hydroxylation is 1. The van der Waals surface area contributed by atoms with E-state index in [1.165, 1.54) is 0 Å². The van der Waals surface area contributed by atoms with Gasteiger partial charge in [0.25, 0.3) is 5.89 Å². The molecule has 1 N–H and O–H groups in total. The molecule has 7 heteroatoms. The standard InChI is InChI=1S/C20H20N4O3/c1-3-11-24-17-10-9-14(12-16(17)21-20(24)25)18-22-19(27-23-18)13(2)26-15-7-5-4-6-8-15/h4-10,12-13H,3,11H2,1-2H3,(H,21,25)/t13-/m1/s1. The topological polar surface area (TPSA) is 85.9 Å². The lowest BCUT2D eigenvalue weighted by Gasteiger charge is -2.09. The minimum absolute atomic E-state index is 0.109. The lowest BCUT2D eigenvalue weighted by atomic mass is 10.2. The van der Waals surface area contributed by atoms with E-state index in [0.29, 0.717) is 18.3 Å². The summed E-state index contributed by atoms with van der Waals surface area (Å²) in [6.45, 7) is 4.58. The van der Waals surface area contributed by atoms with Crippen molar-refractivity contribution in [1.82, 2.24) is 19.7 Å². The second-order valence-electron chi connectivity index (χ2n) is 6.34. The van der Waals surface area contributed by atoms with Crippen molar-refractivity contribution in [3.63, 3.8) is 0 Å². The number of imidazole rings is 1. The monoisotopic (exact) mass is 364 g/mol. The first-order valence-corrected chi connectivity index (χ1v) is 8.94. The third-order valence-corrected chi connectivity index (χ3v) is 4.33. The molecule has 0 unspecified atom stereocenters. The zero-order valence-corrected chi connectivity index (χ0v) is 15.2. The highest BCUT2D eigenvalue weighted by molar-refractivity contribution is 5.80. The van der Waals surface area contributed by atoms with Crippen molar-refractivity contribution >= 4 is 11.0 Å². The van der Waals surface area contributed by atoms with E-state index in [9.17, 15) is 4.79 Å². The quantitative estimate of drug-likeness (QED) is 0.560. The fourth-order valence-electron chi connectivity index (χ4n) is 3.02. The molecule has 0 bridgehead atoms. The molecule has 0 spiro atoms. The van der Waals surface area contributed by atoms with Crippen LogP contribution in [0.1, 0.15) is 32.3 Å². The molecule has 4 aromatic rings. The van der Waals surface area contributed by atoms with Crippen LogP contribution in [0.3, 0.4) is 0 Å². The molecule has 2 aromatic carbocycles. The van der Waals surface area contributed by atoms with Crippen LogP contribution in [0.2, 0.25) is 0 Å². The van der Waals surface area contributed by atoms with Gasteiger partial charge < -0.3 is 14.2 Å². The molecule has 0 fully saturated rings. The minimum atomic E-state index is -0.372. The number of rotatable bonds is 6. The summed E-state index contributed by atoms with van der Waals surface area (Å²) in [5, 5.41) is 4.06. The van der Waals surface area contributed by atoms with Crippen LogP contribution in [0.25, 0.3) is 22.4 Å². The highest BCUT2D eigenvalue weighted by Crippen LogP contribution is 2.24. The van der Waals surface area contributed by atoms with E-state index in [2.05, 4.69) is 15.1 Å². The van der Waals surface area contributed by atoms with Gasteiger partial charge >= 0.3 is 5.69 Å². The van der Waals surface area contributed by atoms with E-state index in [4.69, 9.17) is 9.26 Å². The molecule has 0 saturated carbocycles. The number of aromatic amines is 1. The number of ether oxygens (including phenoxy) is 1. The second-order valence-corrected chi connectivity index (χ2v) is 6.34. The third kappa shape index (κ3) is 3.36. The zero-order valence-electron chi connectivity index (χ0n) is 15.2. The molecule has 138 valence electrons. The first-order valence-electron chi connectivity index (χ1n) is 8.94. The Labute approximate surface area is 155 Å². The number of benzene rings is 2. The Bertz CT molecular complexity index is 1110. The van der Waals surface area contributed by atoms with Crippen LogP contribution in [-0.4, -0.2) is 19.7 Å². The number of fused-ring (bicyclic) bond motifs is 1. The molecule has 0 radical (unpaired) electrons. The van der Waals surface area contributed by atoms with Crippen molar-refractivity contribution < 1.29 is 9.26 Å². The Kier molecular flexibility index (Phi) is 4.50. The molecule has 2 aromatic heterocycles. The maximum atomic E-state index is 12.1. The van der Waals surface area contributed by atoms with Gasteiger partial charge in [-0.05, 0) is 43.7 Å². The maximum absolute atomic E-state index is 12.1. The van der Waals surface area contributed by atoms with Gasteiger partial charge in [-0.25, -0.2) is 4.79 Å². The van der Waals surface area contributed by atoms with Gasteiger partial charge in [-0.15, -0.1) is 0 Å². The molecule has 27 heavy (non-hydrogen) atoms. The summed E-state index contributed by atoms with van der Waals surface area (Å²) < 4.78 is 12.9. The maximum Gasteiger partial charge on any atom is 0.326 e. The molecule has 0 aliphatic heterocycles. The van der Waals surface area contributed by atoms with E-state index < -0.39 is 0 Å². The van der Waals surface area contributed by atoms with E-state index in [-0.39, 0.29) is 11.8 Å². The first-order chi connectivity index (χ1) is 13.2. The van der Waals surface area contributed by atoms with Gasteiger partial charge in [0.1, 0.15) is 5.75 Å². The van der Waals surface area contributed by atoms with Gasteiger partial charge in [0.05, 0.1) is 11.0 Å². The highest BCUT2D eigenvalue weighted by atomic mass is 16.5. The lowest BCUT2D eigenvalue weighted by Crippen LogP contribution is -2.16. The Morgan fingerprint density at radius 2 is 2.04 bits per heavy atom. The number of para-hydroxylation sites is 1. The predicted molar refractivity (Wildman–Crippen MR) is 102 cm³/mol. The van der Waals surface area contributed by atoms with Crippen LogP contribution in [0.4, 0.5) is 0 Å². The molecular formula is C20H20N4O3. The third-order valence-electron chi connectivity index (χ3n) is 4.33. The Balaban J connectivity index is 1.60. The number of hydrogen-bond acceptors (Lipinski definition) is 5. The van der Waals surface area contributed by atoms with Gasteiger partial charge in [0.2, 0.25) is 5.82 Å². The van der Waals surface area contributed by atoms with Crippen LogP contribution in [-0.2, 0) is 6.54 Å². The number of nitrogens with zero attached hydrogens (tertiary/aromatic N) is 3. The second kappa shape index (κ2) is 7.11. The van der Waals surface area contributed by atoms with Crippen LogP contribution >= 0.6 is 0 Å². The number of aromatic nitrogens is 4. The molecular weight excluding hydrogens is 344 g/mol. The smallest absolute Gasteiger partial charge is 0.326 e. The van der Waals surface area contributed by atoms with Crippen LogP contribution in [0.15, 0.2) is 57.8 Å². The van der Waals surface area contributed by atoms with Crippen molar-refractivity contribution in [1.29, 1.82) is 0 Å². The molecule has 0 aliphatic rings. The van der Waals surface area contributed by atoms with Crippen LogP contribution < -0.4 is 10.4 Å². The number of H-pyrrole nitrogens is 1. The molecule has 2 heterocycles. The van der Waals surface area contributed by atoms with Gasteiger partial charge in [0.15, 0.2) is 6.10 Å². The normalized spacial score (nSPS) is 12.4. The summed E-state index contributed by atoms with van der Waals surface area (Å²) in [6, 6.07) is 15.1. The Morgan fingerprint density at radius 3 is 2.81 bits per heavy atom. The summed E-state index contributed by atoms with van der Waals surface area (Å²) >= 11 is 0. The van der Waals surface area contributed by atoms with Crippen molar-refractivity contribution in [2.75, 3.05) is 0 Å². The summed E-state index contributed by atoms with van der Waals surface area (Å²) in [4.78, 5) is 19.4. The molecule has 0 amide bonds. The summed E-state index contributed by atoms with van der Waals surface area (Å²) in [5.74, 6) is 1.59. The molecule has 0 saturated heterocycles. The van der Waals surface area contributed by atoms with Crippen LogP contribution in [0.5, 0.6) is 5.75 Å². The van der Waals surface area contributed by atoms with Crippen LogP contribution in [0, 0.1) is 0 Å². The average Bonchev–Trinajstić information content (AvgIpc) is 3.28. The summed E-state index contributed by atoms with van der Waals surface area (Å²) in [7, 11) is 0. The summed E-state index contributed by atoms with van der Waals surface area (Å²) in [5.41, 5.74) is 2.29. The van der Waals surface area contributed by atoms with E-state index in [1.807, 2.05) is 62.4 Å². The van der Waals surface area contributed by atoms with Crippen molar-refractivity contribution in [2.24, 2.45) is 0 Å². The highest BCUT2D eigenvalue weighted by Gasteiger charge is 2.17. The van der Waals surface area contributed by atoms with Gasteiger partial charge in [0, 0.05) is 12.1 Å². The molecule has 1 atom stereocenters. The SMILES string of the molecule is CCCn1c(=O)[nH]c2cc(-c3noc([C@@H](C)Oc4ccccc4)n3)ccc21. The average molecular weight is 364 g/mol. The van der Waals surface area contributed by atoms with Crippen molar-refractivity contribution in [3.05, 3.63) is 64.9 Å². The van der Waals surface area contributed by atoms with E-state index >= 15 is 0 Å². The molecule has 0 aliphatic carbocycles. The van der Waals surface area contributed by atoms with Gasteiger partial charge in [-0.2, -0.15) is 4.98 Å². The van der Waals surface area contributed by atoms with Gasteiger partial charge in [-0.1, -0.05) is 30.3 Å². The lowest BCUT2D eigenvalue weighted by molar-refractivity contribution is 0.176. The minimum Gasteiger partial charge on any atom is -0.481 e. The molecule has 4 rings (SSSR count). The van der Waals surface area contributed by atoms with E-state index in [1.54, 1.807) is 4.57 Å². The predicted octanol–water partition coefficient (Wildman–Crippen LogP) is 3.93.